The lowest BCUT2D eigenvalue weighted by Gasteiger charge is -2.09. The summed E-state index contributed by atoms with van der Waals surface area (Å²) in [6.45, 7) is 5.76. The molecule has 0 amide bonds. The minimum Gasteiger partial charge on any atom is -0.459 e. The summed E-state index contributed by atoms with van der Waals surface area (Å²) >= 11 is 0. The third kappa shape index (κ3) is 5.61. The second-order valence-corrected chi connectivity index (χ2v) is 7.99. The Kier molecular flexibility index (Phi) is 7.22. The number of aryl methyl sites for hydroxylation is 1. The highest BCUT2D eigenvalue weighted by molar-refractivity contribution is 6.04. The van der Waals surface area contributed by atoms with Crippen LogP contribution in [-0.4, -0.2) is 21.0 Å². The Bertz CT molecular complexity index is 1350. The average Bonchev–Trinajstić information content (AvgIpc) is 3.45. The number of aromatic amines is 2. The number of benzene rings is 2. The highest BCUT2D eigenvalue weighted by Gasteiger charge is 2.12. The van der Waals surface area contributed by atoms with Gasteiger partial charge < -0.3 is 15.0 Å². The lowest BCUT2D eigenvalue weighted by atomic mass is 10.2. The molecule has 0 radical (unpaired) electrons. The number of hydrogen-bond acceptors (Lipinski definition) is 3. The molecule has 0 atom stereocenters. The molecular weight excluding hydrogens is 429 g/mol. The van der Waals surface area contributed by atoms with E-state index in [9.17, 15) is 4.39 Å². The van der Waals surface area contributed by atoms with Crippen LogP contribution in [-0.2, 0) is 0 Å². The van der Waals surface area contributed by atoms with E-state index in [2.05, 4.69) is 32.4 Å². The molecule has 2 aromatic carbocycles. The smallest absolute Gasteiger partial charge is 0.175 e. The first-order valence-electron chi connectivity index (χ1n) is 11.3. The van der Waals surface area contributed by atoms with E-state index in [-0.39, 0.29) is 5.75 Å². The number of halogens is 1. The van der Waals surface area contributed by atoms with Gasteiger partial charge in [-0.05, 0) is 44.0 Å². The van der Waals surface area contributed by atoms with Gasteiger partial charge >= 0.3 is 0 Å². The van der Waals surface area contributed by atoms with Crippen molar-refractivity contribution in [2.75, 3.05) is 5.32 Å². The highest BCUT2D eigenvalue weighted by Crippen LogP contribution is 2.28. The van der Waals surface area contributed by atoms with E-state index in [1.54, 1.807) is 31.3 Å². The number of fused-ring (bicyclic) bond motifs is 1. The first kappa shape index (κ1) is 23.0. The molecule has 0 unspecified atom stereocenters. The van der Waals surface area contributed by atoms with Crippen molar-refractivity contribution in [2.45, 2.75) is 33.6 Å². The molecule has 0 fully saturated rings. The minimum atomic E-state index is -0.399. The molecule has 0 saturated carbocycles. The summed E-state index contributed by atoms with van der Waals surface area (Å²) in [5.74, 6) is 1.38. The summed E-state index contributed by atoms with van der Waals surface area (Å²) in [5.41, 5.74) is 3.55. The van der Waals surface area contributed by atoms with Gasteiger partial charge in [0.2, 0.25) is 0 Å². The van der Waals surface area contributed by atoms with Crippen LogP contribution in [0.2, 0.25) is 0 Å². The number of hydrogen-bond donors (Lipinski definition) is 3. The van der Waals surface area contributed by atoms with Crippen molar-refractivity contribution < 1.29 is 9.13 Å². The van der Waals surface area contributed by atoms with Crippen LogP contribution in [0, 0.1) is 12.7 Å². The standard InChI is InChI=1S/C27H28FN5O/c1-4-5-9-14-29-25(31-26-17-23(32-33-26)20-10-7-6-8-11-20)16-19(3)34-24-13-12-22-21(27(24)28)15-18(2)30-22/h6-17,30H,4-5H2,1-3H3,(H2,29,31,32,33)/b14-9+,19-16+. The van der Waals surface area contributed by atoms with Crippen molar-refractivity contribution in [2.24, 2.45) is 4.99 Å². The van der Waals surface area contributed by atoms with Crippen LogP contribution in [0.15, 0.2) is 83.7 Å². The molecule has 0 aliphatic rings. The maximum absolute atomic E-state index is 14.9. The fourth-order valence-electron chi connectivity index (χ4n) is 3.52. The van der Waals surface area contributed by atoms with Crippen LogP contribution in [0.4, 0.5) is 10.2 Å². The largest absolute Gasteiger partial charge is 0.459 e. The summed E-state index contributed by atoms with van der Waals surface area (Å²) < 4.78 is 20.8. The summed E-state index contributed by atoms with van der Waals surface area (Å²) in [6.07, 6.45) is 7.42. The van der Waals surface area contributed by atoms with Gasteiger partial charge in [-0.2, -0.15) is 5.10 Å². The van der Waals surface area contributed by atoms with Crippen LogP contribution in [0.5, 0.6) is 5.75 Å². The molecule has 34 heavy (non-hydrogen) atoms. The molecule has 0 aliphatic heterocycles. The third-order valence-electron chi connectivity index (χ3n) is 5.14. The van der Waals surface area contributed by atoms with E-state index in [0.29, 0.717) is 22.8 Å². The van der Waals surface area contributed by atoms with Gasteiger partial charge in [-0.3, -0.25) is 5.10 Å². The number of allylic oxidation sites excluding steroid dienone is 2. The number of amidine groups is 1. The summed E-state index contributed by atoms with van der Waals surface area (Å²) in [4.78, 5) is 7.64. The van der Waals surface area contributed by atoms with Crippen molar-refractivity contribution in [3.05, 3.63) is 90.2 Å². The minimum absolute atomic E-state index is 0.159. The number of anilines is 1. The Morgan fingerprint density at radius 2 is 2.00 bits per heavy atom. The topological polar surface area (TPSA) is 78.1 Å². The number of unbranched alkanes of at least 4 members (excludes halogenated alkanes) is 1. The van der Waals surface area contributed by atoms with Gasteiger partial charge in [0.25, 0.3) is 0 Å². The second kappa shape index (κ2) is 10.7. The molecule has 2 aromatic heterocycles. The van der Waals surface area contributed by atoms with Crippen molar-refractivity contribution in [1.82, 2.24) is 15.2 Å². The lowest BCUT2D eigenvalue weighted by Crippen LogP contribution is -2.11. The van der Waals surface area contributed by atoms with E-state index in [1.807, 2.05) is 55.5 Å². The van der Waals surface area contributed by atoms with Crippen LogP contribution in [0.25, 0.3) is 22.2 Å². The number of aliphatic imine (C=N–C) groups is 1. The van der Waals surface area contributed by atoms with Gasteiger partial charge in [-0.1, -0.05) is 49.8 Å². The normalized spacial score (nSPS) is 12.6. The number of ether oxygens (including phenoxy) is 1. The van der Waals surface area contributed by atoms with Crippen molar-refractivity contribution in [3.63, 3.8) is 0 Å². The predicted molar refractivity (Wildman–Crippen MR) is 137 cm³/mol. The van der Waals surface area contributed by atoms with E-state index in [0.717, 1.165) is 35.3 Å². The number of nitrogens with one attached hydrogen (secondary N) is 3. The Hall–Kier alpha value is -4.13. The monoisotopic (exact) mass is 457 g/mol. The molecule has 7 heteroatoms. The number of aromatic nitrogens is 3. The first-order chi connectivity index (χ1) is 16.5. The Balaban J connectivity index is 1.56. The zero-order valence-electron chi connectivity index (χ0n) is 19.5. The average molecular weight is 458 g/mol. The molecule has 174 valence electrons. The molecule has 0 saturated heterocycles. The van der Waals surface area contributed by atoms with Crippen LogP contribution in [0.3, 0.4) is 0 Å². The molecule has 2 heterocycles. The molecular formula is C27H28FN5O. The fourth-order valence-corrected chi connectivity index (χ4v) is 3.52. The predicted octanol–water partition coefficient (Wildman–Crippen LogP) is 7.11. The highest BCUT2D eigenvalue weighted by atomic mass is 19.1. The van der Waals surface area contributed by atoms with E-state index in [4.69, 9.17) is 4.74 Å². The van der Waals surface area contributed by atoms with E-state index >= 15 is 0 Å². The fraction of sp³-hybridized carbons (Fsp3) is 0.185. The first-order valence-corrected chi connectivity index (χ1v) is 11.3. The molecule has 0 aliphatic carbocycles. The van der Waals surface area contributed by atoms with E-state index < -0.39 is 5.82 Å². The Morgan fingerprint density at radius 1 is 1.18 bits per heavy atom. The number of rotatable bonds is 8. The SMILES string of the molecule is CCC/C=C/N=C(/C=C(\C)Oc1ccc2[nH]c(C)cc2c1F)Nc1cc(-c2ccccc2)[nH]n1. The van der Waals surface area contributed by atoms with Gasteiger partial charge in [0, 0.05) is 34.9 Å². The van der Waals surface area contributed by atoms with Gasteiger partial charge in [-0.25, -0.2) is 9.38 Å². The van der Waals surface area contributed by atoms with Gasteiger partial charge in [0.15, 0.2) is 17.4 Å². The Labute approximate surface area is 198 Å². The third-order valence-corrected chi connectivity index (χ3v) is 5.14. The van der Waals surface area contributed by atoms with Crippen LogP contribution < -0.4 is 10.1 Å². The van der Waals surface area contributed by atoms with Crippen molar-refractivity contribution in [1.29, 1.82) is 0 Å². The number of nitrogens with zero attached hydrogens (tertiary/aromatic N) is 2. The van der Waals surface area contributed by atoms with Crippen molar-refractivity contribution in [3.8, 4) is 17.0 Å². The molecule has 4 rings (SSSR count). The summed E-state index contributed by atoms with van der Waals surface area (Å²) in [5, 5.41) is 11.1. The molecule has 0 bridgehead atoms. The zero-order valence-corrected chi connectivity index (χ0v) is 19.5. The maximum atomic E-state index is 14.9. The lowest BCUT2D eigenvalue weighted by molar-refractivity contribution is 0.402. The molecule has 0 spiro atoms. The molecule has 6 nitrogen and oxygen atoms in total. The van der Waals surface area contributed by atoms with Gasteiger partial charge in [0.05, 0.1) is 5.69 Å². The second-order valence-electron chi connectivity index (χ2n) is 7.99. The zero-order chi connectivity index (χ0) is 23.9. The summed E-state index contributed by atoms with van der Waals surface area (Å²) in [6, 6.07) is 17.0. The van der Waals surface area contributed by atoms with Gasteiger partial charge in [0.1, 0.15) is 11.6 Å². The molecule has 3 N–H and O–H groups in total. The van der Waals surface area contributed by atoms with Crippen LogP contribution >= 0.6 is 0 Å². The van der Waals surface area contributed by atoms with E-state index in [1.165, 1.54) is 0 Å². The molecule has 4 aromatic rings. The Morgan fingerprint density at radius 3 is 2.79 bits per heavy atom. The van der Waals surface area contributed by atoms with Gasteiger partial charge in [-0.15, -0.1) is 0 Å². The number of H-pyrrole nitrogens is 2. The van der Waals surface area contributed by atoms with Crippen molar-refractivity contribution >= 4 is 22.6 Å². The quantitative estimate of drug-likeness (QED) is 0.150. The van der Waals surface area contributed by atoms with Crippen LogP contribution in [0.1, 0.15) is 32.4 Å². The maximum Gasteiger partial charge on any atom is 0.175 e. The summed E-state index contributed by atoms with van der Waals surface area (Å²) in [7, 11) is 0.